The molecule has 2 rings (SSSR count). The Labute approximate surface area is 151 Å². The third-order valence-electron chi connectivity index (χ3n) is 3.52. The van der Waals surface area contributed by atoms with Crippen molar-refractivity contribution in [2.45, 2.75) is 20.4 Å². The van der Waals surface area contributed by atoms with Crippen LogP contribution in [0.3, 0.4) is 0 Å². The van der Waals surface area contributed by atoms with Crippen LogP contribution in [-0.4, -0.2) is 35.3 Å². The first-order valence-electron chi connectivity index (χ1n) is 8.20. The summed E-state index contributed by atoms with van der Waals surface area (Å²) in [5.74, 6) is -0.713. The van der Waals surface area contributed by atoms with Gasteiger partial charge in [-0.3, -0.25) is 14.4 Å². The van der Waals surface area contributed by atoms with E-state index in [1.54, 1.807) is 38.1 Å². The van der Waals surface area contributed by atoms with E-state index in [0.29, 0.717) is 18.0 Å². The molecule has 0 aliphatic rings. The van der Waals surface area contributed by atoms with Crippen LogP contribution in [0.2, 0.25) is 0 Å². The first kappa shape index (κ1) is 19.3. The molecule has 0 saturated heterocycles. The Kier molecular flexibility index (Phi) is 6.62. The predicted octanol–water partition coefficient (Wildman–Crippen LogP) is 1.74. The maximum atomic E-state index is 12.4. The molecule has 26 heavy (non-hydrogen) atoms. The molecule has 0 unspecified atom stereocenters. The summed E-state index contributed by atoms with van der Waals surface area (Å²) in [6.07, 6.45) is 0. The Morgan fingerprint density at radius 3 is 2.50 bits per heavy atom. The molecule has 2 amide bonds. The van der Waals surface area contributed by atoms with E-state index in [2.05, 4.69) is 15.7 Å². The number of rotatable bonds is 7. The van der Waals surface area contributed by atoms with Gasteiger partial charge < -0.3 is 15.4 Å². The zero-order valence-electron chi connectivity index (χ0n) is 15.0. The van der Waals surface area contributed by atoms with E-state index in [1.165, 1.54) is 23.9 Å². The van der Waals surface area contributed by atoms with Crippen LogP contribution in [0.15, 0.2) is 41.2 Å². The summed E-state index contributed by atoms with van der Waals surface area (Å²) in [6, 6.07) is 9.46. The third kappa shape index (κ3) is 5.25. The second-order valence-corrected chi connectivity index (χ2v) is 5.95. The number of nitrogens with zero attached hydrogens (tertiary/aromatic N) is 2. The Balaban J connectivity index is 2.12. The predicted molar refractivity (Wildman–Crippen MR) is 98.2 cm³/mol. The standard InChI is InChI=1S/C18H22N4O4/c1-12(2)17(24)19-13-5-4-6-14(11-13)20-18(25)15-7-8-16(23)22(21-15)9-10-26-3/h4-8,11-12H,9-10H2,1-3H3,(H,19,24)(H,20,25). The maximum Gasteiger partial charge on any atom is 0.276 e. The monoisotopic (exact) mass is 358 g/mol. The number of aromatic nitrogens is 2. The second kappa shape index (κ2) is 8.91. The third-order valence-corrected chi connectivity index (χ3v) is 3.52. The molecular formula is C18H22N4O4. The van der Waals surface area contributed by atoms with Crippen LogP contribution in [0, 0.1) is 5.92 Å². The minimum atomic E-state index is -0.455. The fraction of sp³-hybridized carbons (Fsp3) is 0.333. The highest BCUT2D eigenvalue weighted by Crippen LogP contribution is 2.16. The van der Waals surface area contributed by atoms with E-state index >= 15 is 0 Å². The number of carbonyl (C=O) groups excluding carboxylic acids is 2. The maximum absolute atomic E-state index is 12.4. The van der Waals surface area contributed by atoms with Gasteiger partial charge in [-0.25, -0.2) is 4.68 Å². The lowest BCUT2D eigenvalue weighted by atomic mass is 10.2. The lowest BCUT2D eigenvalue weighted by molar-refractivity contribution is -0.118. The molecule has 8 nitrogen and oxygen atoms in total. The number of amides is 2. The Bertz CT molecular complexity index is 845. The van der Waals surface area contributed by atoms with Crippen molar-refractivity contribution in [3.05, 3.63) is 52.4 Å². The van der Waals surface area contributed by atoms with Gasteiger partial charge in [0.15, 0.2) is 0 Å². The summed E-state index contributed by atoms with van der Waals surface area (Å²) in [7, 11) is 1.52. The molecule has 0 aliphatic heterocycles. The van der Waals surface area contributed by atoms with E-state index in [-0.39, 0.29) is 29.6 Å². The first-order valence-corrected chi connectivity index (χ1v) is 8.20. The fourth-order valence-electron chi connectivity index (χ4n) is 2.06. The molecule has 0 aliphatic carbocycles. The molecule has 0 spiro atoms. The van der Waals surface area contributed by atoms with Gasteiger partial charge in [0.1, 0.15) is 5.69 Å². The van der Waals surface area contributed by atoms with Gasteiger partial charge >= 0.3 is 0 Å². The summed E-state index contributed by atoms with van der Waals surface area (Å²) in [4.78, 5) is 35.9. The zero-order chi connectivity index (χ0) is 19.1. The number of hydrogen-bond acceptors (Lipinski definition) is 5. The number of benzene rings is 1. The highest BCUT2D eigenvalue weighted by Gasteiger charge is 2.11. The molecule has 0 saturated carbocycles. The molecule has 0 atom stereocenters. The Morgan fingerprint density at radius 2 is 1.85 bits per heavy atom. The largest absolute Gasteiger partial charge is 0.383 e. The van der Waals surface area contributed by atoms with Crippen molar-refractivity contribution < 1.29 is 14.3 Å². The molecule has 2 aromatic rings. The summed E-state index contributed by atoms with van der Waals surface area (Å²) in [6.45, 7) is 4.17. The molecule has 1 aromatic heterocycles. The van der Waals surface area contributed by atoms with Crippen molar-refractivity contribution in [2.75, 3.05) is 24.4 Å². The van der Waals surface area contributed by atoms with E-state index in [9.17, 15) is 14.4 Å². The quantitative estimate of drug-likeness (QED) is 0.785. The van der Waals surface area contributed by atoms with Crippen LogP contribution in [-0.2, 0) is 16.1 Å². The molecular weight excluding hydrogens is 336 g/mol. The van der Waals surface area contributed by atoms with Gasteiger partial charge in [-0.1, -0.05) is 19.9 Å². The van der Waals surface area contributed by atoms with Crippen LogP contribution in [0.5, 0.6) is 0 Å². The molecule has 2 N–H and O–H groups in total. The molecule has 1 aromatic carbocycles. The SMILES string of the molecule is COCCn1nc(C(=O)Nc2cccc(NC(=O)C(C)C)c2)ccc1=O. The van der Waals surface area contributed by atoms with Crippen LogP contribution in [0.1, 0.15) is 24.3 Å². The van der Waals surface area contributed by atoms with Gasteiger partial charge in [0, 0.05) is 30.5 Å². The Morgan fingerprint density at radius 1 is 1.15 bits per heavy atom. The first-order chi connectivity index (χ1) is 12.4. The van der Waals surface area contributed by atoms with E-state index in [1.807, 2.05) is 0 Å². The number of methoxy groups -OCH3 is 1. The number of nitrogens with one attached hydrogen (secondary N) is 2. The van der Waals surface area contributed by atoms with Crippen LogP contribution < -0.4 is 16.2 Å². The van der Waals surface area contributed by atoms with Crippen LogP contribution in [0.25, 0.3) is 0 Å². The topological polar surface area (TPSA) is 102 Å². The number of ether oxygens (including phenoxy) is 1. The smallest absolute Gasteiger partial charge is 0.276 e. The fourth-order valence-corrected chi connectivity index (χ4v) is 2.06. The van der Waals surface area contributed by atoms with Crippen LogP contribution in [0.4, 0.5) is 11.4 Å². The van der Waals surface area contributed by atoms with E-state index in [0.717, 1.165) is 0 Å². The van der Waals surface area contributed by atoms with Crippen molar-refractivity contribution in [3.8, 4) is 0 Å². The van der Waals surface area contributed by atoms with Gasteiger partial charge in [-0.2, -0.15) is 5.10 Å². The normalized spacial score (nSPS) is 10.6. The molecule has 0 fully saturated rings. The van der Waals surface area contributed by atoms with Gasteiger partial charge in [-0.05, 0) is 24.3 Å². The van der Waals surface area contributed by atoms with Gasteiger partial charge in [-0.15, -0.1) is 0 Å². The van der Waals surface area contributed by atoms with Gasteiger partial charge in [0.2, 0.25) is 5.91 Å². The summed E-state index contributed by atoms with van der Waals surface area (Å²) >= 11 is 0. The summed E-state index contributed by atoms with van der Waals surface area (Å²) in [5, 5.41) is 9.52. The average Bonchev–Trinajstić information content (AvgIpc) is 2.61. The second-order valence-electron chi connectivity index (χ2n) is 5.95. The highest BCUT2D eigenvalue weighted by molar-refractivity contribution is 6.03. The van der Waals surface area contributed by atoms with E-state index in [4.69, 9.17) is 4.74 Å². The Hall–Kier alpha value is -3.00. The lowest BCUT2D eigenvalue weighted by Crippen LogP contribution is -2.27. The molecule has 0 bridgehead atoms. The van der Waals surface area contributed by atoms with Crippen molar-refractivity contribution in [1.29, 1.82) is 0 Å². The lowest BCUT2D eigenvalue weighted by Gasteiger charge is -2.10. The summed E-state index contributed by atoms with van der Waals surface area (Å²) in [5.41, 5.74) is 0.891. The van der Waals surface area contributed by atoms with E-state index < -0.39 is 5.91 Å². The number of hydrogen-bond donors (Lipinski definition) is 2. The molecule has 0 radical (unpaired) electrons. The van der Waals surface area contributed by atoms with Crippen molar-refractivity contribution in [3.63, 3.8) is 0 Å². The van der Waals surface area contributed by atoms with Gasteiger partial charge in [0.05, 0.1) is 13.2 Å². The van der Waals surface area contributed by atoms with Crippen LogP contribution >= 0.6 is 0 Å². The number of anilines is 2. The molecule has 8 heteroatoms. The number of carbonyl (C=O) groups is 2. The summed E-state index contributed by atoms with van der Waals surface area (Å²) < 4.78 is 6.10. The minimum Gasteiger partial charge on any atom is -0.383 e. The molecule has 1 heterocycles. The van der Waals surface area contributed by atoms with Crippen molar-refractivity contribution in [2.24, 2.45) is 5.92 Å². The van der Waals surface area contributed by atoms with Gasteiger partial charge in [0.25, 0.3) is 11.5 Å². The van der Waals surface area contributed by atoms with Crippen molar-refractivity contribution >= 4 is 23.2 Å². The highest BCUT2D eigenvalue weighted by atomic mass is 16.5. The molecule has 138 valence electrons. The average molecular weight is 358 g/mol. The minimum absolute atomic E-state index is 0.109. The zero-order valence-corrected chi connectivity index (χ0v) is 15.0. The van der Waals surface area contributed by atoms with Crippen molar-refractivity contribution in [1.82, 2.24) is 9.78 Å².